The van der Waals surface area contributed by atoms with Crippen molar-refractivity contribution in [1.82, 2.24) is 5.32 Å². The predicted octanol–water partition coefficient (Wildman–Crippen LogP) is 4.39. The maximum atomic E-state index is 3.57. The summed E-state index contributed by atoms with van der Waals surface area (Å²) in [5.74, 6) is 2.55. The van der Waals surface area contributed by atoms with Gasteiger partial charge in [-0.25, -0.2) is 0 Å². The molecule has 1 heteroatoms. The van der Waals surface area contributed by atoms with Gasteiger partial charge in [0.25, 0.3) is 0 Å². The maximum Gasteiger partial charge on any atom is 0.0164 e. The first-order valence-electron chi connectivity index (χ1n) is 7.52. The van der Waals surface area contributed by atoms with Crippen LogP contribution in [0.25, 0.3) is 0 Å². The van der Waals surface area contributed by atoms with Crippen LogP contribution in [0.2, 0.25) is 0 Å². The summed E-state index contributed by atoms with van der Waals surface area (Å²) in [5.41, 5.74) is 1.62. The fourth-order valence-electron chi connectivity index (χ4n) is 2.79. The first kappa shape index (κ1) is 14.8. The highest BCUT2D eigenvalue weighted by Crippen LogP contribution is 2.30. The lowest BCUT2D eigenvalue weighted by molar-refractivity contribution is 0.324. The van der Waals surface area contributed by atoms with Crippen molar-refractivity contribution in [2.24, 2.45) is 17.8 Å². The van der Waals surface area contributed by atoms with E-state index in [2.05, 4.69) is 39.1 Å². The standard InChI is InChI=1S/C16H31N/c1-5-15(12-17-11-13(2)3)10-16-8-6-7-14(4)9-16/h10,13-14,16-17H,5-9,11-12H2,1-4H3/b15-10-. The molecule has 1 rings (SSSR count). The zero-order valence-electron chi connectivity index (χ0n) is 12.3. The summed E-state index contributed by atoms with van der Waals surface area (Å²) in [6.45, 7) is 11.5. The predicted molar refractivity (Wildman–Crippen MR) is 77.2 cm³/mol. The molecule has 0 saturated heterocycles. The number of nitrogens with one attached hydrogen (secondary N) is 1. The summed E-state index contributed by atoms with van der Waals surface area (Å²) in [6, 6.07) is 0. The van der Waals surface area contributed by atoms with Gasteiger partial charge in [-0.3, -0.25) is 0 Å². The minimum absolute atomic E-state index is 0.753. The molecule has 1 aliphatic rings. The highest BCUT2D eigenvalue weighted by atomic mass is 14.9. The van der Waals surface area contributed by atoms with Crippen LogP contribution in [0.1, 0.15) is 59.8 Å². The van der Waals surface area contributed by atoms with Crippen LogP contribution in [0.4, 0.5) is 0 Å². The molecular weight excluding hydrogens is 206 g/mol. The van der Waals surface area contributed by atoms with Crippen LogP contribution >= 0.6 is 0 Å². The van der Waals surface area contributed by atoms with Crippen molar-refractivity contribution >= 4 is 0 Å². The van der Waals surface area contributed by atoms with Crippen molar-refractivity contribution in [3.8, 4) is 0 Å². The van der Waals surface area contributed by atoms with Crippen molar-refractivity contribution in [2.75, 3.05) is 13.1 Å². The Bertz CT molecular complexity index is 230. The molecule has 1 fully saturated rings. The Labute approximate surface area is 108 Å². The van der Waals surface area contributed by atoms with Gasteiger partial charge in [-0.05, 0) is 43.6 Å². The van der Waals surface area contributed by atoms with E-state index in [4.69, 9.17) is 0 Å². The van der Waals surface area contributed by atoms with Crippen molar-refractivity contribution in [3.05, 3.63) is 11.6 Å². The van der Waals surface area contributed by atoms with Gasteiger partial charge >= 0.3 is 0 Å². The van der Waals surface area contributed by atoms with Crippen LogP contribution in [-0.4, -0.2) is 13.1 Å². The van der Waals surface area contributed by atoms with Gasteiger partial charge in [-0.15, -0.1) is 0 Å². The smallest absolute Gasteiger partial charge is 0.0164 e. The van der Waals surface area contributed by atoms with E-state index in [1.165, 1.54) is 32.1 Å². The molecule has 0 aromatic carbocycles. The first-order chi connectivity index (χ1) is 8.11. The Kier molecular flexibility index (Phi) is 6.87. The van der Waals surface area contributed by atoms with E-state index >= 15 is 0 Å². The normalized spacial score (nSPS) is 26.5. The van der Waals surface area contributed by atoms with Gasteiger partial charge in [0.15, 0.2) is 0 Å². The largest absolute Gasteiger partial charge is 0.313 e. The van der Waals surface area contributed by atoms with Crippen LogP contribution in [0.15, 0.2) is 11.6 Å². The molecule has 0 radical (unpaired) electrons. The molecule has 17 heavy (non-hydrogen) atoms. The van der Waals surface area contributed by atoms with E-state index in [1.807, 2.05) is 0 Å². The maximum absolute atomic E-state index is 3.57. The van der Waals surface area contributed by atoms with Crippen molar-refractivity contribution < 1.29 is 0 Å². The second-order valence-electron chi connectivity index (χ2n) is 6.24. The molecule has 2 unspecified atom stereocenters. The van der Waals surface area contributed by atoms with Gasteiger partial charge < -0.3 is 5.32 Å². The molecule has 0 spiro atoms. The molecule has 100 valence electrons. The lowest BCUT2D eigenvalue weighted by Crippen LogP contribution is -2.22. The molecule has 0 heterocycles. The summed E-state index contributed by atoms with van der Waals surface area (Å²) in [5, 5.41) is 3.57. The zero-order chi connectivity index (χ0) is 12.7. The Balaban J connectivity index is 2.36. The highest BCUT2D eigenvalue weighted by molar-refractivity contribution is 5.06. The fraction of sp³-hybridized carbons (Fsp3) is 0.875. The van der Waals surface area contributed by atoms with Crippen molar-refractivity contribution in [1.29, 1.82) is 0 Å². The second-order valence-corrected chi connectivity index (χ2v) is 6.24. The zero-order valence-corrected chi connectivity index (χ0v) is 12.3. The third kappa shape index (κ3) is 6.26. The van der Waals surface area contributed by atoms with Crippen LogP contribution < -0.4 is 5.32 Å². The lowest BCUT2D eigenvalue weighted by Gasteiger charge is -2.25. The number of hydrogen-bond acceptors (Lipinski definition) is 1. The number of hydrogen-bond donors (Lipinski definition) is 1. The molecule has 0 aromatic heterocycles. The highest BCUT2D eigenvalue weighted by Gasteiger charge is 2.17. The van der Waals surface area contributed by atoms with Gasteiger partial charge in [0.05, 0.1) is 0 Å². The topological polar surface area (TPSA) is 12.0 Å². The van der Waals surface area contributed by atoms with Gasteiger partial charge in [0, 0.05) is 6.54 Å². The number of rotatable bonds is 6. The summed E-state index contributed by atoms with van der Waals surface area (Å²) >= 11 is 0. The van der Waals surface area contributed by atoms with E-state index in [0.29, 0.717) is 0 Å². The van der Waals surface area contributed by atoms with E-state index in [9.17, 15) is 0 Å². The fourth-order valence-corrected chi connectivity index (χ4v) is 2.79. The minimum Gasteiger partial charge on any atom is -0.313 e. The minimum atomic E-state index is 0.753. The molecule has 1 N–H and O–H groups in total. The van der Waals surface area contributed by atoms with E-state index in [-0.39, 0.29) is 0 Å². The molecular formula is C16H31N. The summed E-state index contributed by atoms with van der Waals surface area (Å²) in [7, 11) is 0. The Hall–Kier alpha value is -0.300. The van der Waals surface area contributed by atoms with Gasteiger partial charge in [0.2, 0.25) is 0 Å². The van der Waals surface area contributed by atoms with E-state index in [0.717, 1.165) is 30.8 Å². The Morgan fingerprint density at radius 1 is 1.35 bits per heavy atom. The third-order valence-electron chi connectivity index (χ3n) is 3.81. The molecule has 0 aliphatic heterocycles. The molecule has 0 bridgehead atoms. The van der Waals surface area contributed by atoms with E-state index < -0.39 is 0 Å². The molecule has 1 nitrogen and oxygen atoms in total. The second kappa shape index (κ2) is 7.92. The average Bonchev–Trinajstić information content (AvgIpc) is 2.27. The Morgan fingerprint density at radius 3 is 2.71 bits per heavy atom. The van der Waals surface area contributed by atoms with Crippen molar-refractivity contribution in [3.63, 3.8) is 0 Å². The van der Waals surface area contributed by atoms with Crippen LogP contribution in [0.5, 0.6) is 0 Å². The molecule has 1 aliphatic carbocycles. The van der Waals surface area contributed by atoms with Crippen LogP contribution in [0.3, 0.4) is 0 Å². The van der Waals surface area contributed by atoms with Crippen LogP contribution in [-0.2, 0) is 0 Å². The average molecular weight is 237 g/mol. The number of allylic oxidation sites excluding steroid dienone is 1. The van der Waals surface area contributed by atoms with Gasteiger partial charge in [-0.1, -0.05) is 52.2 Å². The molecule has 2 atom stereocenters. The van der Waals surface area contributed by atoms with Crippen LogP contribution in [0, 0.1) is 17.8 Å². The van der Waals surface area contributed by atoms with E-state index in [1.54, 1.807) is 5.57 Å². The summed E-state index contributed by atoms with van der Waals surface area (Å²) in [6.07, 6.45) is 9.47. The third-order valence-corrected chi connectivity index (χ3v) is 3.81. The Morgan fingerprint density at radius 2 is 2.12 bits per heavy atom. The monoisotopic (exact) mass is 237 g/mol. The SMILES string of the molecule is CC/C(=C/C1CCCC(C)C1)CNCC(C)C. The summed E-state index contributed by atoms with van der Waals surface area (Å²) < 4.78 is 0. The molecule has 0 amide bonds. The summed E-state index contributed by atoms with van der Waals surface area (Å²) in [4.78, 5) is 0. The van der Waals surface area contributed by atoms with Gasteiger partial charge in [-0.2, -0.15) is 0 Å². The molecule has 0 aromatic rings. The van der Waals surface area contributed by atoms with Crippen molar-refractivity contribution in [2.45, 2.75) is 59.8 Å². The first-order valence-corrected chi connectivity index (χ1v) is 7.52. The molecule has 1 saturated carbocycles. The quantitative estimate of drug-likeness (QED) is 0.675. The van der Waals surface area contributed by atoms with Gasteiger partial charge in [0.1, 0.15) is 0 Å². The lowest BCUT2D eigenvalue weighted by atomic mass is 9.81.